The van der Waals surface area contributed by atoms with Gasteiger partial charge in [0.15, 0.2) is 0 Å². The highest BCUT2D eigenvalue weighted by Crippen LogP contribution is 2.25. The zero-order valence-corrected chi connectivity index (χ0v) is 11.2. The second kappa shape index (κ2) is 7.69. The van der Waals surface area contributed by atoms with Crippen LogP contribution < -0.4 is 5.32 Å². The summed E-state index contributed by atoms with van der Waals surface area (Å²) in [6.45, 7) is 3.80. The van der Waals surface area contributed by atoms with Crippen molar-refractivity contribution in [3.8, 4) is 0 Å². The molecular formula is C13H18F3NS. The highest BCUT2D eigenvalue weighted by Gasteiger charge is 2.25. The molecule has 0 atom stereocenters. The van der Waals surface area contributed by atoms with Gasteiger partial charge in [-0.15, -0.1) is 11.8 Å². The topological polar surface area (TPSA) is 12.0 Å². The van der Waals surface area contributed by atoms with Crippen molar-refractivity contribution in [3.05, 3.63) is 29.8 Å². The summed E-state index contributed by atoms with van der Waals surface area (Å²) in [6.07, 6.45) is -4.55. The molecular weight excluding hydrogens is 259 g/mol. The van der Waals surface area contributed by atoms with Gasteiger partial charge in [-0.25, -0.2) is 0 Å². The highest BCUT2D eigenvalue weighted by molar-refractivity contribution is 7.99. The predicted octanol–water partition coefficient (Wildman–Crippen LogP) is 4.23. The van der Waals surface area contributed by atoms with Crippen molar-refractivity contribution >= 4 is 11.8 Å². The van der Waals surface area contributed by atoms with E-state index in [1.807, 2.05) is 31.2 Å². The summed E-state index contributed by atoms with van der Waals surface area (Å²) in [5.74, 6) is 0.506. The summed E-state index contributed by atoms with van der Waals surface area (Å²) in [6, 6.07) is 7.94. The molecule has 18 heavy (non-hydrogen) atoms. The molecule has 1 aromatic carbocycles. The van der Waals surface area contributed by atoms with E-state index < -0.39 is 12.6 Å². The molecule has 0 saturated carbocycles. The lowest BCUT2D eigenvalue weighted by molar-refractivity contribution is -0.134. The molecule has 0 amide bonds. The van der Waals surface area contributed by atoms with Gasteiger partial charge >= 0.3 is 6.18 Å². The Kier molecular flexibility index (Phi) is 6.57. The molecule has 1 aromatic rings. The van der Waals surface area contributed by atoms with Gasteiger partial charge in [0.1, 0.15) is 0 Å². The van der Waals surface area contributed by atoms with Crippen LogP contribution in [0.1, 0.15) is 25.3 Å². The number of halogens is 3. The number of hydrogen-bond donors (Lipinski definition) is 1. The maximum Gasteiger partial charge on any atom is 0.389 e. The van der Waals surface area contributed by atoms with Crippen LogP contribution >= 0.6 is 11.8 Å². The molecule has 0 aliphatic carbocycles. The summed E-state index contributed by atoms with van der Waals surface area (Å²) in [4.78, 5) is 1.03. The predicted molar refractivity (Wildman–Crippen MR) is 69.8 cm³/mol. The van der Waals surface area contributed by atoms with E-state index in [1.54, 1.807) is 0 Å². The van der Waals surface area contributed by atoms with E-state index in [4.69, 9.17) is 0 Å². The van der Waals surface area contributed by atoms with E-state index in [0.717, 1.165) is 18.0 Å². The third-order valence-corrected chi connectivity index (χ3v) is 3.47. The normalized spacial score (nSPS) is 11.8. The molecule has 1 N–H and O–H groups in total. The summed E-state index contributed by atoms with van der Waals surface area (Å²) in [7, 11) is 0. The van der Waals surface area contributed by atoms with Gasteiger partial charge in [0.05, 0.1) is 0 Å². The Labute approximate surface area is 110 Å². The van der Waals surface area contributed by atoms with Crippen molar-refractivity contribution in [2.45, 2.75) is 37.4 Å². The van der Waals surface area contributed by atoms with E-state index in [-0.39, 0.29) is 6.42 Å². The average molecular weight is 277 g/mol. The largest absolute Gasteiger partial charge is 0.389 e. The number of rotatable bonds is 7. The van der Waals surface area contributed by atoms with Gasteiger partial charge in [0.2, 0.25) is 0 Å². The van der Waals surface area contributed by atoms with Crippen LogP contribution in [-0.4, -0.2) is 18.5 Å². The van der Waals surface area contributed by atoms with Crippen molar-refractivity contribution in [2.75, 3.05) is 12.3 Å². The fraction of sp³-hybridized carbons (Fsp3) is 0.538. The lowest BCUT2D eigenvalue weighted by Crippen LogP contribution is -2.11. The summed E-state index contributed by atoms with van der Waals surface area (Å²) >= 11 is 1.47. The van der Waals surface area contributed by atoms with Gasteiger partial charge in [0, 0.05) is 17.9 Å². The van der Waals surface area contributed by atoms with Crippen molar-refractivity contribution in [3.63, 3.8) is 0 Å². The lowest BCUT2D eigenvalue weighted by atomic mass is 10.2. The molecule has 0 aliphatic rings. The molecule has 0 aromatic heterocycles. The Balaban J connectivity index is 2.26. The zero-order valence-electron chi connectivity index (χ0n) is 10.4. The minimum Gasteiger partial charge on any atom is -0.313 e. The Morgan fingerprint density at radius 3 is 2.39 bits per heavy atom. The number of benzene rings is 1. The van der Waals surface area contributed by atoms with Crippen molar-refractivity contribution in [1.29, 1.82) is 0 Å². The summed E-state index contributed by atoms with van der Waals surface area (Å²) in [5.41, 5.74) is 1.19. The first-order valence-electron chi connectivity index (χ1n) is 6.00. The quantitative estimate of drug-likeness (QED) is 0.591. The first-order valence-corrected chi connectivity index (χ1v) is 6.99. The zero-order chi connectivity index (χ0) is 13.4. The standard InChI is InChI=1S/C13H18F3NS/c1-2-17-10-11-4-6-12(7-5-11)18-9-3-8-13(14,15)16/h4-7,17H,2-3,8-10H2,1H3. The minimum absolute atomic E-state index is 0.174. The molecule has 0 bridgehead atoms. The van der Waals surface area contributed by atoms with Gasteiger partial charge in [0.25, 0.3) is 0 Å². The molecule has 102 valence electrons. The Morgan fingerprint density at radius 1 is 1.17 bits per heavy atom. The van der Waals surface area contributed by atoms with E-state index in [1.165, 1.54) is 17.3 Å². The van der Waals surface area contributed by atoms with Gasteiger partial charge in [-0.2, -0.15) is 13.2 Å². The van der Waals surface area contributed by atoms with E-state index in [2.05, 4.69) is 5.32 Å². The second-order valence-corrected chi connectivity index (χ2v) is 5.16. The molecule has 0 fully saturated rings. The lowest BCUT2D eigenvalue weighted by Gasteiger charge is -2.06. The smallest absolute Gasteiger partial charge is 0.313 e. The SMILES string of the molecule is CCNCc1ccc(SCCCC(F)(F)F)cc1. The molecule has 5 heteroatoms. The van der Waals surface area contributed by atoms with Crippen LogP contribution in [0.2, 0.25) is 0 Å². The first-order chi connectivity index (χ1) is 8.51. The number of thioether (sulfide) groups is 1. The van der Waals surface area contributed by atoms with Crippen molar-refractivity contribution in [1.82, 2.24) is 5.32 Å². The van der Waals surface area contributed by atoms with E-state index in [9.17, 15) is 13.2 Å². The van der Waals surface area contributed by atoms with E-state index in [0.29, 0.717) is 5.75 Å². The van der Waals surface area contributed by atoms with Crippen LogP contribution in [0.3, 0.4) is 0 Å². The van der Waals surface area contributed by atoms with Crippen molar-refractivity contribution in [2.24, 2.45) is 0 Å². The summed E-state index contributed by atoms with van der Waals surface area (Å²) < 4.78 is 35.8. The molecule has 0 aliphatic heterocycles. The molecule has 0 unspecified atom stereocenters. The van der Waals surface area contributed by atoms with Crippen LogP contribution in [0.25, 0.3) is 0 Å². The fourth-order valence-electron chi connectivity index (χ4n) is 1.44. The molecule has 0 spiro atoms. The van der Waals surface area contributed by atoms with Crippen LogP contribution in [-0.2, 0) is 6.54 Å². The Bertz CT molecular complexity index is 335. The third kappa shape index (κ3) is 6.91. The number of alkyl halides is 3. The second-order valence-electron chi connectivity index (χ2n) is 3.99. The molecule has 0 heterocycles. The van der Waals surface area contributed by atoms with Crippen LogP contribution in [0.15, 0.2) is 29.2 Å². The maximum atomic E-state index is 11.9. The Hall–Kier alpha value is -0.680. The van der Waals surface area contributed by atoms with Crippen LogP contribution in [0.4, 0.5) is 13.2 Å². The van der Waals surface area contributed by atoms with Gasteiger partial charge in [-0.3, -0.25) is 0 Å². The first kappa shape index (κ1) is 15.4. The molecule has 0 saturated heterocycles. The molecule has 0 radical (unpaired) electrons. The maximum absolute atomic E-state index is 11.9. The monoisotopic (exact) mass is 277 g/mol. The van der Waals surface area contributed by atoms with E-state index >= 15 is 0 Å². The fourth-order valence-corrected chi connectivity index (χ4v) is 2.29. The van der Waals surface area contributed by atoms with Crippen LogP contribution in [0, 0.1) is 0 Å². The third-order valence-electron chi connectivity index (χ3n) is 2.38. The number of hydrogen-bond acceptors (Lipinski definition) is 2. The van der Waals surface area contributed by atoms with Gasteiger partial charge in [-0.05, 0) is 36.4 Å². The highest BCUT2D eigenvalue weighted by atomic mass is 32.2. The number of nitrogens with one attached hydrogen (secondary N) is 1. The van der Waals surface area contributed by atoms with Crippen LogP contribution in [0.5, 0.6) is 0 Å². The molecule has 1 nitrogen and oxygen atoms in total. The summed E-state index contributed by atoms with van der Waals surface area (Å²) in [5, 5.41) is 3.22. The van der Waals surface area contributed by atoms with Gasteiger partial charge < -0.3 is 5.32 Å². The minimum atomic E-state index is -4.03. The average Bonchev–Trinajstić information content (AvgIpc) is 2.32. The molecule has 1 rings (SSSR count). The van der Waals surface area contributed by atoms with Crippen molar-refractivity contribution < 1.29 is 13.2 Å². The Morgan fingerprint density at radius 2 is 1.83 bits per heavy atom. The van der Waals surface area contributed by atoms with Gasteiger partial charge in [-0.1, -0.05) is 19.1 Å².